The molecule has 0 radical (unpaired) electrons. The van der Waals surface area contributed by atoms with Crippen LogP contribution in [0.15, 0.2) is 0 Å². The van der Waals surface area contributed by atoms with Crippen LogP contribution in [0, 0.1) is 10.8 Å². The highest BCUT2D eigenvalue weighted by Crippen LogP contribution is 2.29. The molecule has 5 heteroatoms. The highest BCUT2D eigenvalue weighted by atomic mass is 16.4. The molecule has 0 spiro atoms. The monoisotopic (exact) mass is 270 g/mol. The van der Waals surface area contributed by atoms with Crippen molar-refractivity contribution in [2.45, 2.75) is 53.5 Å². The third kappa shape index (κ3) is 4.40. The molecule has 2 amide bonds. The Bertz CT molecular complexity index is 348. The number of carboxylic acid groups (broad SMARTS) is 1. The minimum absolute atomic E-state index is 0.266. The van der Waals surface area contributed by atoms with Crippen LogP contribution in [0.25, 0.3) is 0 Å². The highest BCUT2D eigenvalue weighted by molar-refractivity contribution is 5.83. The lowest BCUT2D eigenvalue weighted by atomic mass is 9.83. The number of nitrogens with one attached hydrogen (secondary N) is 1. The number of urea groups is 1. The quantitative estimate of drug-likeness (QED) is 0.809. The number of hydrogen-bond donors (Lipinski definition) is 2. The number of rotatable bonds is 2. The maximum Gasteiger partial charge on any atom is 0.326 e. The number of piperidine rings is 1. The Kier molecular flexibility index (Phi) is 4.48. The van der Waals surface area contributed by atoms with Crippen LogP contribution < -0.4 is 5.32 Å². The predicted molar refractivity (Wildman–Crippen MR) is 74.0 cm³/mol. The van der Waals surface area contributed by atoms with Crippen molar-refractivity contribution >= 4 is 12.0 Å². The van der Waals surface area contributed by atoms with E-state index in [-0.39, 0.29) is 11.4 Å². The molecule has 1 heterocycles. The van der Waals surface area contributed by atoms with Crippen molar-refractivity contribution in [1.29, 1.82) is 0 Å². The highest BCUT2D eigenvalue weighted by Gasteiger charge is 2.35. The van der Waals surface area contributed by atoms with Gasteiger partial charge >= 0.3 is 12.0 Å². The van der Waals surface area contributed by atoms with E-state index in [1.807, 2.05) is 20.8 Å². The molecule has 5 nitrogen and oxygen atoms in total. The van der Waals surface area contributed by atoms with Crippen LogP contribution in [0.5, 0.6) is 0 Å². The molecule has 1 rings (SSSR count). The number of carbonyl (C=O) groups is 2. The fraction of sp³-hybridized carbons (Fsp3) is 0.857. The number of aliphatic carboxylic acids is 1. The molecular formula is C14H26N2O3. The van der Waals surface area contributed by atoms with E-state index in [4.69, 9.17) is 0 Å². The van der Waals surface area contributed by atoms with Crippen molar-refractivity contribution in [2.75, 3.05) is 13.1 Å². The zero-order chi connectivity index (χ0) is 14.8. The molecule has 1 fully saturated rings. The third-order valence-corrected chi connectivity index (χ3v) is 3.78. The van der Waals surface area contributed by atoms with E-state index in [1.54, 1.807) is 4.90 Å². The normalized spacial score (nSPS) is 20.8. The molecule has 110 valence electrons. The number of carbonyl (C=O) groups excluding carboxylic acids is 1. The molecule has 0 aromatic carbocycles. The number of carboxylic acids is 1. The van der Waals surface area contributed by atoms with Crippen molar-refractivity contribution < 1.29 is 14.7 Å². The topological polar surface area (TPSA) is 69.6 Å². The van der Waals surface area contributed by atoms with Gasteiger partial charge in [0.25, 0.3) is 0 Å². The fourth-order valence-electron chi connectivity index (χ4n) is 2.18. The van der Waals surface area contributed by atoms with Crippen LogP contribution in [-0.4, -0.2) is 41.1 Å². The summed E-state index contributed by atoms with van der Waals surface area (Å²) in [4.78, 5) is 25.1. The van der Waals surface area contributed by atoms with Gasteiger partial charge in [0.05, 0.1) is 0 Å². The SMILES string of the molecule is CC1(C)CCN(C(=O)NC(C(=O)O)C(C)(C)C)CC1. The van der Waals surface area contributed by atoms with Crippen molar-refractivity contribution in [2.24, 2.45) is 10.8 Å². The first-order valence-electron chi connectivity index (χ1n) is 6.81. The molecule has 0 aromatic heterocycles. The first-order chi connectivity index (χ1) is 8.53. The second-order valence-corrected chi connectivity index (χ2v) is 7.24. The first-order valence-corrected chi connectivity index (χ1v) is 6.81. The summed E-state index contributed by atoms with van der Waals surface area (Å²) in [6.07, 6.45) is 1.90. The largest absolute Gasteiger partial charge is 0.480 e. The Hall–Kier alpha value is -1.26. The van der Waals surface area contributed by atoms with Crippen molar-refractivity contribution in [3.05, 3.63) is 0 Å². The van der Waals surface area contributed by atoms with Crippen molar-refractivity contribution in [1.82, 2.24) is 10.2 Å². The number of amides is 2. The van der Waals surface area contributed by atoms with Crippen molar-refractivity contribution in [3.8, 4) is 0 Å². The molecule has 19 heavy (non-hydrogen) atoms. The van der Waals surface area contributed by atoms with Gasteiger partial charge in [-0.25, -0.2) is 9.59 Å². The van der Waals surface area contributed by atoms with E-state index in [2.05, 4.69) is 19.2 Å². The van der Waals surface area contributed by atoms with Crippen LogP contribution in [0.2, 0.25) is 0 Å². The Morgan fingerprint density at radius 2 is 1.68 bits per heavy atom. The van der Waals surface area contributed by atoms with Gasteiger partial charge in [0.15, 0.2) is 0 Å². The first kappa shape index (κ1) is 15.8. The molecule has 1 saturated heterocycles. The van der Waals surface area contributed by atoms with Gasteiger partial charge in [-0.1, -0.05) is 34.6 Å². The molecule has 1 aliphatic rings. The molecule has 1 aliphatic heterocycles. The smallest absolute Gasteiger partial charge is 0.326 e. The van der Waals surface area contributed by atoms with Crippen LogP contribution >= 0.6 is 0 Å². The van der Waals surface area contributed by atoms with Gasteiger partial charge in [0, 0.05) is 13.1 Å². The molecule has 0 aliphatic carbocycles. The Morgan fingerprint density at radius 3 is 2.05 bits per heavy atom. The van der Waals surface area contributed by atoms with E-state index in [0.717, 1.165) is 12.8 Å². The summed E-state index contributed by atoms with van der Waals surface area (Å²) in [7, 11) is 0. The summed E-state index contributed by atoms with van der Waals surface area (Å²) in [5, 5.41) is 11.8. The Morgan fingerprint density at radius 1 is 1.21 bits per heavy atom. The maximum atomic E-state index is 12.1. The summed E-state index contributed by atoms with van der Waals surface area (Å²) < 4.78 is 0. The van der Waals surface area contributed by atoms with Gasteiger partial charge in [-0.05, 0) is 23.7 Å². The van der Waals surface area contributed by atoms with Gasteiger partial charge in [0.1, 0.15) is 6.04 Å². The van der Waals surface area contributed by atoms with E-state index >= 15 is 0 Å². The number of nitrogens with zero attached hydrogens (tertiary/aromatic N) is 1. The molecule has 0 aromatic rings. The summed E-state index contributed by atoms with van der Waals surface area (Å²) in [6, 6.07) is -1.13. The van der Waals surface area contributed by atoms with Crippen LogP contribution in [0.1, 0.15) is 47.5 Å². The maximum absolute atomic E-state index is 12.1. The van der Waals surface area contributed by atoms with E-state index in [0.29, 0.717) is 13.1 Å². The summed E-state index contributed by atoms with van der Waals surface area (Å²) in [5.41, 5.74) is -0.233. The summed E-state index contributed by atoms with van der Waals surface area (Å²) in [5.74, 6) is -0.988. The van der Waals surface area contributed by atoms with Gasteiger partial charge in [-0.15, -0.1) is 0 Å². The lowest BCUT2D eigenvalue weighted by Gasteiger charge is -2.38. The minimum Gasteiger partial charge on any atom is -0.480 e. The minimum atomic E-state index is -0.988. The second-order valence-electron chi connectivity index (χ2n) is 7.24. The van der Waals surface area contributed by atoms with Crippen LogP contribution in [0.3, 0.4) is 0 Å². The van der Waals surface area contributed by atoms with Crippen LogP contribution in [0.4, 0.5) is 4.79 Å². The summed E-state index contributed by atoms with van der Waals surface area (Å²) >= 11 is 0. The fourth-order valence-corrected chi connectivity index (χ4v) is 2.18. The zero-order valence-corrected chi connectivity index (χ0v) is 12.6. The third-order valence-electron chi connectivity index (χ3n) is 3.78. The van der Waals surface area contributed by atoms with Gasteiger partial charge in [-0.2, -0.15) is 0 Å². The molecule has 1 unspecified atom stereocenters. The second kappa shape index (κ2) is 5.39. The van der Waals surface area contributed by atoms with Gasteiger partial charge < -0.3 is 15.3 Å². The van der Waals surface area contributed by atoms with Gasteiger partial charge in [-0.3, -0.25) is 0 Å². The lowest BCUT2D eigenvalue weighted by molar-refractivity contribution is -0.142. The average Bonchev–Trinajstić information content (AvgIpc) is 2.23. The Labute approximate surface area is 115 Å². The lowest BCUT2D eigenvalue weighted by Crippen LogP contribution is -2.55. The molecule has 2 N–H and O–H groups in total. The average molecular weight is 270 g/mol. The molecular weight excluding hydrogens is 244 g/mol. The number of hydrogen-bond acceptors (Lipinski definition) is 2. The molecule has 1 atom stereocenters. The van der Waals surface area contributed by atoms with E-state index < -0.39 is 17.4 Å². The molecule has 0 saturated carbocycles. The van der Waals surface area contributed by atoms with E-state index in [9.17, 15) is 14.7 Å². The zero-order valence-electron chi connectivity index (χ0n) is 12.6. The molecule has 0 bridgehead atoms. The standard InChI is InChI=1S/C14H26N2O3/c1-13(2,3)10(11(17)18)15-12(19)16-8-6-14(4,5)7-9-16/h10H,6-9H2,1-5H3,(H,15,19)(H,17,18). The van der Waals surface area contributed by atoms with Gasteiger partial charge in [0.2, 0.25) is 0 Å². The predicted octanol–water partition coefficient (Wildman–Crippen LogP) is 2.32. The summed E-state index contributed by atoms with van der Waals surface area (Å²) in [6.45, 7) is 11.2. The number of likely N-dealkylation sites (tertiary alicyclic amines) is 1. The van der Waals surface area contributed by atoms with E-state index in [1.165, 1.54) is 0 Å². The Balaban J connectivity index is 2.62. The van der Waals surface area contributed by atoms with Crippen LogP contribution in [-0.2, 0) is 4.79 Å². The van der Waals surface area contributed by atoms with Crippen molar-refractivity contribution in [3.63, 3.8) is 0 Å².